The van der Waals surface area contributed by atoms with Crippen LogP contribution < -0.4 is 10.2 Å². The van der Waals surface area contributed by atoms with Crippen LogP contribution in [0.1, 0.15) is 11.3 Å². The van der Waals surface area contributed by atoms with Crippen molar-refractivity contribution in [2.24, 2.45) is 0 Å². The van der Waals surface area contributed by atoms with Gasteiger partial charge in [0.25, 0.3) is 0 Å². The van der Waals surface area contributed by atoms with Crippen molar-refractivity contribution in [1.29, 1.82) is 0 Å². The highest BCUT2D eigenvalue weighted by molar-refractivity contribution is 5.60. The van der Waals surface area contributed by atoms with Crippen molar-refractivity contribution >= 4 is 5.82 Å². The Morgan fingerprint density at radius 1 is 1.24 bits per heavy atom. The molecular weight excluding hydrogens is 318 g/mol. The van der Waals surface area contributed by atoms with Crippen molar-refractivity contribution in [2.75, 3.05) is 45.3 Å². The summed E-state index contributed by atoms with van der Waals surface area (Å²) in [4.78, 5) is 15.7. The number of methoxy groups -OCH3 is 1. The maximum Gasteiger partial charge on any atom is 0.161 e. The number of nitrogens with one attached hydrogen (secondary N) is 1. The van der Waals surface area contributed by atoms with Gasteiger partial charge in [-0.2, -0.15) is 0 Å². The molecule has 7 heteroatoms. The zero-order valence-corrected chi connectivity index (χ0v) is 14.8. The highest BCUT2D eigenvalue weighted by Crippen LogP contribution is 2.26. The number of ether oxygens (including phenoxy) is 1. The number of pyridine rings is 1. The summed E-state index contributed by atoms with van der Waals surface area (Å²) in [5.74, 6) is 1.58. The summed E-state index contributed by atoms with van der Waals surface area (Å²) in [6.45, 7) is 2.58. The van der Waals surface area contributed by atoms with E-state index in [0.29, 0.717) is 19.0 Å². The lowest BCUT2D eigenvalue weighted by molar-refractivity contribution is 0.0694. The molecule has 0 saturated carbocycles. The number of aliphatic hydroxyl groups is 1. The van der Waals surface area contributed by atoms with Gasteiger partial charge in [0.05, 0.1) is 18.4 Å². The average molecular weight is 343 g/mol. The van der Waals surface area contributed by atoms with E-state index < -0.39 is 6.10 Å². The summed E-state index contributed by atoms with van der Waals surface area (Å²) in [6.07, 6.45) is 4.69. The molecule has 25 heavy (non-hydrogen) atoms. The Bertz CT molecular complexity index is 695. The Morgan fingerprint density at radius 3 is 2.76 bits per heavy atom. The Labute approximate surface area is 148 Å². The molecule has 0 saturated heterocycles. The van der Waals surface area contributed by atoms with E-state index in [0.717, 1.165) is 48.6 Å². The fourth-order valence-electron chi connectivity index (χ4n) is 3.12. The molecule has 7 nitrogen and oxygen atoms in total. The molecule has 2 N–H and O–H groups in total. The van der Waals surface area contributed by atoms with E-state index in [4.69, 9.17) is 14.7 Å². The Balaban J connectivity index is 1.99. The van der Waals surface area contributed by atoms with E-state index in [1.165, 1.54) is 0 Å². The van der Waals surface area contributed by atoms with Gasteiger partial charge >= 0.3 is 0 Å². The molecule has 0 aromatic carbocycles. The molecule has 1 aliphatic heterocycles. The quantitative estimate of drug-likeness (QED) is 0.797. The molecule has 1 unspecified atom stereocenters. The molecular formula is C18H25N5O2. The van der Waals surface area contributed by atoms with Crippen LogP contribution in [0, 0.1) is 0 Å². The van der Waals surface area contributed by atoms with Crippen LogP contribution in [0.2, 0.25) is 0 Å². The lowest BCUT2D eigenvalue weighted by Gasteiger charge is -2.25. The van der Waals surface area contributed by atoms with Crippen molar-refractivity contribution in [3.05, 3.63) is 35.8 Å². The number of nitrogens with zero attached hydrogens (tertiary/aromatic N) is 4. The molecule has 1 aliphatic rings. The molecule has 1 atom stereocenters. The van der Waals surface area contributed by atoms with Crippen LogP contribution in [0.4, 0.5) is 5.82 Å². The van der Waals surface area contributed by atoms with E-state index >= 15 is 0 Å². The fraction of sp³-hybridized carbons (Fsp3) is 0.500. The van der Waals surface area contributed by atoms with Gasteiger partial charge in [-0.15, -0.1) is 0 Å². The zero-order valence-electron chi connectivity index (χ0n) is 14.8. The number of hydrogen-bond donors (Lipinski definition) is 2. The minimum Gasteiger partial charge on any atom is -0.389 e. The maximum atomic E-state index is 10.1. The van der Waals surface area contributed by atoms with E-state index in [1.54, 1.807) is 19.5 Å². The van der Waals surface area contributed by atoms with Gasteiger partial charge in [-0.3, -0.25) is 4.98 Å². The van der Waals surface area contributed by atoms with Crippen LogP contribution in [-0.4, -0.2) is 66.6 Å². The monoisotopic (exact) mass is 343 g/mol. The first-order valence-corrected chi connectivity index (χ1v) is 8.58. The minimum atomic E-state index is -0.561. The average Bonchev–Trinajstić information content (AvgIpc) is 2.87. The Morgan fingerprint density at radius 2 is 2.00 bits per heavy atom. The van der Waals surface area contributed by atoms with Crippen LogP contribution in [0.3, 0.4) is 0 Å². The minimum absolute atomic E-state index is 0.302. The highest BCUT2D eigenvalue weighted by atomic mass is 16.5. The third-order valence-electron chi connectivity index (χ3n) is 4.31. The second-order valence-corrected chi connectivity index (χ2v) is 6.27. The molecule has 0 radical (unpaired) electrons. The largest absolute Gasteiger partial charge is 0.389 e. The fourth-order valence-corrected chi connectivity index (χ4v) is 3.12. The van der Waals surface area contributed by atoms with Crippen LogP contribution in [-0.2, 0) is 17.6 Å². The summed E-state index contributed by atoms with van der Waals surface area (Å²) in [5, 5.41) is 13.5. The number of hydrogen-bond acceptors (Lipinski definition) is 7. The van der Waals surface area contributed by atoms with Gasteiger partial charge in [0.15, 0.2) is 5.82 Å². The predicted octanol–water partition coefficient (Wildman–Crippen LogP) is 0.670. The summed E-state index contributed by atoms with van der Waals surface area (Å²) in [7, 11) is 3.54. The summed E-state index contributed by atoms with van der Waals surface area (Å²) < 4.78 is 5.04. The molecule has 0 aliphatic carbocycles. The van der Waals surface area contributed by atoms with Crippen molar-refractivity contribution in [1.82, 2.24) is 20.3 Å². The predicted molar refractivity (Wildman–Crippen MR) is 96.7 cm³/mol. The van der Waals surface area contributed by atoms with Gasteiger partial charge in [0.2, 0.25) is 0 Å². The van der Waals surface area contributed by atoms with Gasteiger partial charge in [-0.25, -0.2) is 9.97 Å². The van der Waals surface area contributed by atoms with Gasteiger partial charge in [-0.1, -0.05) is 0 Å². The molecule has 2 aromatic heterocycles. The molecule has 3 heterocycles. The summed E-state index contributed by atoms with van der Waals surface area (Å²) in [6, 6.07) is 3.83. The SMILES string of the molecule is COCC(O)CN(C)c1nc(-c2ccncc2)nc2c1CCNCC2. The smallest absolute Gasteiger partial charge is 0.161 e. The summed E-state index contributed by atoms with van der Waals surface area (Å²) >= 11 is 0. The van der Waals surface area contributed by atoms with Gasteiger partial charge < -0.3 is 20.1 Å². The topological polar surface area (TPSA) is 83.4 Å². The number of aromatic nitrogens is 3. The zero-order chi connectivity index (χ0) is 17.6. The normalized spacial score (nSPS) is 15.3. The van der Waals surface area contributed by atoms with Crippen molar-refractivity contribution in [3.63, 3.8) is 0 Å². The third kappa shape index (κ3) is 4.31. The first-order valence-electron chi connectivity index (χ1n) is 8.58. The van der Waals surface area contributed by atoms with Crippen molar-refractivity contribution in [3.8, 4) is 11.4 Å². The Hall–Kier alpha value is -2.09. The molecule has 0 amide bonds. The van der Waals surface area contributed by atoms with Crippen molar-refractivity contribution < 1.29 is 9.84 Å². The highest BCUT2D eigenvalue weighted by Gasteiger charge is 2.21. The number of fused-ring (bicyclic) bond motifs is 1. The second-order valence-electron chi connectivity index (χ2n) is 6.27. The van der Waals surface area contributed by atoms with Crippen LogP contribution in [0.25, 0.3) is 11.4 Å². The molecule has 2 aromatic rings. The van der Waals surface area contributed by atoms with Crippen LogP contribution in [0.15, 0.2) is 24.5 Å². The standard InChI is InChI=1S/C18H25N5O2/c1-23(11-14(24)12-25-2)18-15-5-9-20-10-6-16(15)21-17(22-18)13-3-7-19-8-4-13/h3-4,7-8,14,20,24H,5-6,9-12H2,1-2H3. The first-order chi connectivity index (χ1) is 12.2. The van der Waals surface area contributed by atoms with E-state index in [2.05, 4.69) is 10.3 Å². The maximum absolute atomic E-state index is 10.1. The third-order valence-corrected chi connectivity index (χ3v) is 4.31. The van der Waals surface area contributed by atoms with Crippen LogP contribution in [0.5, 0.6) is 0 Å². The number of anilines is 1. The van der Waals surface area contributed by atoms with Gasteiger partial charge in [-0.05, 0) is 25.1 Å². The molecule has 0 spiro atoms. The van der Waals surface area contributed by atoms with E-state index in [-0.39, 0.29) is 0 Å². The number of aliphatic hydroxyl groups excluding tert-OH is 1. The molecule has 3 rings (SSSR count). The number of rotatable bonds is 6. The Kier molecular flexibility index (Phi) is 5.91. The van der Waals surface area contributed by atoms with Gasteiger partial charge in [0, 0.05) is 57.2 Å². The van der Waals surface area contributed by atoms with Crippen molar-refractivity contribution in [2.45, 2.75) is 18.9 Å². The lowest BCUT2D eigenvalue weighted by Crippen LogP contribution is -2.33. The van der Waals surface area contributed by atoms with Gasteiger partial charge in [0.1, 0.15) is 5.82 Å². The summed E-state index contributed by atoms with van der Waals surface area (Å²) in [5.41, 5.74) is 3.19. The number of likely N-dealkylation sites (N-methyl/N-ethyl adjacent to an activating group) is 1. The molecule has 0 bridgehead atoms. The van der Waals surface area contributed by atoms with Crippen LogP contribution >= 0.6 is 0 Å². The first kappa shape index (κ1) is 17.7. The molecule has 0 fully saturated rings. The molecule has 134 valence electrons. The van der Waals surface area contributed by atoms with E-state index in [9.17, 15) is 5.11 Å². The second kappa shape index (κ2) is 8.33. The lowest BCUT2D eigenvalue weighted by atomic mass is 10.1. The van der Waals surface area contributed by atoms with E-state index in [1.807, 2.05) is 24.1 Å².